The minimum absolute atomic E-state index is 0.396. The van der Waals surface area contributed by atoms with Crippen molar-refractivity contribution in [2.45, 2.75) is 27.7 Å². The third kappa shape index (κ3) is 5.04. The van der Waals surface area contributed by atoms with E-state index in [1.807, 2.05) is 37.5 Å². The smallest absolute Gasteiger partial charge is 0.343 e. The average Bonchev–Trinajstić information content (AvgIpc) is 2.31. The average molecular weight is 267 g/mol. The fraction of sp³-hybridized carbons (Fsp3) is 0.900. The van der Waals surface area contributed by atoms with Gasteiger partial charge >= 0.3 is 7.83 Å². The van der Waals surface area contributed by atoms with Gasteiger partial charge in [0.05, 0.1) is 0 Å². The van der Waals surface area contributed by atoms with E-state index >= 15 is 0 Å². The Labute approximate surface area is 103 Å². The third-order valence-electron chi connectivity index (χ3n) is 2.53. The highest BCUT2D eigenvalue weighted by Crippen LogP contribution is 2.49. The van der Waals surface area contributed by atoms with Crippen LogP contribution in [0, 0.1) is 0 Å². The maximum absolute atomic E-state index is 13.4. The van der Waals surface area contributed by atoms with E-state index in [1.165, 1.54) is 0 Å². The molecule has 0 radical (unpaired) electrons. The van der Waals surface area contributed by atoms with Crippen molar-refractivity contribution < 1.29 is 13.3 Å². The van der Waals surface area contributed by atoms with Gasteiger partial charge in [-0.25, -0.2) is 4.57 Å². The van der Waals surface area contributed by atoms with Gasteiger partial charge in [-0.1, -0.05) is 0 Å². The van der Waals surface area contributed by atoms with Crippen LogP contribution in [0.5, 0.6) is 0 Å². The topological polar surface area (TPSA) is 45.1 Å². The molecule has 7 heteroatoms. The fourth-order valence-corrected chi connectivity index (χ4v) is 2.04. The van der Waals surface area contributed by atoms with Crippen LogP contribution in [0.1, 0.15) is 27.7 Å². The summed E-state index contributed by atoms with van der Waals surface area (Å²) in [4.78, 5) is 3.72. The summed E-state index contributed by atoms with van der Waals surface area (Å²) in [5.41, 5.74) is 0. The normalized spacial score (nSPS) is 14.0. The van der Waals surface area contributed by atoms with E-state index in [0.717, 1.165) is 7.11 Å². The summed E-state index contributed by atoms with van der Waals surface area (Å²) in [6.07, 6.45) is 0. The molecule has 0 fully saturated rings. The fourth-order valence-electron chi connectivity index (χ4n) is 1.49. The minimum Gasteiger partial charge on any atom is -0.343 e. The van der Waals surface area contributed by atoms with Crippen LogP contribution in [0.4, 0.5) is 4.20 Å². The highest BCUT2D eigenvalue weighted by molar-refractivity contribution is 7.52. The molecular formula is C10H23FN3O2P. The molecule has 0 saturated heterocycles. The second-order valence-electron chi connectivity index (χ2n) is 3.38. The van der Waals surface area contributed by atoms with Gasteiger partial charge in [-0.3, -0.25) is 4.52 Å². The van der Waals surface area contributed by atoms with Gasteiger partial charge in [0, 0.05) is 33.3 Å². The van der Waals surface area contributed by atoms with Crippen molar-refractivity contribution >= 4 is 13.8 Å². The monoisotopic (exact) mass is 267 g/mol. The van der Waals surface area contributed by atoms with E-state index in [0.29, 0.717) is 32.1 Å². The summed E-state index contributed by atoms with van der Waals surface area (Å²) >= 11 is 0. The molecule has 0 aliphatic carbocycles. The molecule has 0 spiro atoms. The zero-order valence-corrected chi connectivity index (χ0v) is 12.2. The molecule has 1 unspecified atom stereocenters. The Morgan fingerprint density at radius 1 is 1.12 bits per heavy atom. The van der Waals surface area contributed by atoms with Crippen molar-refractivity contribution in [2.24, 2.45) is 4.76 Å². The maximum atomic E-state index is 13.4. The van der Waals surface area contributed by atoms with Gasteiger partial charge in [0.15, 0.2) is 0 Å². The Morgan fingerprint density at radius 3 is 1.71 bits per heavy atom. The highest BCUT2D eigenvalue weighted by Gasteiger charge is 2.24. The Hall–Kier alpha value is -0.610. The molecule has 0 N–H and O–H groups in total. The van der Waals surface area contributed by atoms with Crippen molar-refractivity contribution in [1.29, 1.82) is 0 Å². The number of halogens is 1. The molecule has 102 valence electrons. The molecule has 5 nitrogen and oxygen atoms in total. The molecule has 0 aliphatic heterocycles. The SMILES string of the molecule is CCN(CC)C(=NP(=O)(F)OC)N(CC)CC. The molecule has 0 aliphatic rings. The predicted molar refractivity (Wildman–Crippen MR) is 69.0 cm³/mol. The third-order valence-corrected chi connectivity index (χ3v) is 3.39. The first-order chi connectivity index (χ1) is 7.95. The number of hydrogen-bond acceptors (Lipinski definition) is 2. The maximum Gasteiger partial charge on any atom is 0.494 e. The molecule has 1 atom stereocenters. The van der Waals surface area contributed by atoms with Crippen LogP contribution < -0.4 is 0 Å². The van der Waals surface area contributed by atoms with E-state index in [4.69, 9.17) is 0 Å². The van der Waals surface area contributed by atoms with Crippen molar-refractivity contribution in [1.82, 2.24) is 9.80 Å². The molecule has 0 aromatic carbocycles. The minimum atomic E-state index is -4.39. The van der Waals surface area contributed by atoms with Crippen LogP contribution >= 0.6 is 7.83 Å². The molecule has 0 heterocycles. The quantitative estimate of drug-likeness (QED) is 0.422. The number of nitrogens with zero attached hydrogens (tertiary/aromatic N) is 3. The summed E-state index contributed by atoms with van der Waals surface area (Å²) in [7, 11) is -3.32. The van der Waals surface area contributed by atoms with E-state index in [2.05, 4.69) is 9.29 Å². The molecule has 0 saturated carbocycles. The van der Waals surface area contributed by atoms with E-state index in [1.54, 1.807) is 0 Å². The zero-order chi connectivity index (χ0) is 13.5. The molecule has 0 aromatic rings. The summed E-state index contributed by atoms with van der Waals surface area (Å²) < 4.78 is 32.7. The first kappa shape index (κ1) is 16.4. The first-order valence-corrected chi connectivity index (χ1v) is 7.37. The standard InChI is InChI=1S/C10H23FN3O2P/c1-6-13(7-2)10(14(8-3)9-4)12-17(11,15)16-5/h6-9H2,1-5H3. The van der Waals surface area contributed by atoms with Crippen LogP contribution in [0.25, 0.3) is 0 Å². The molecular weight excluding hydrogens is 244 g/mol. The summed E-state index contributed by atoms with van der Waals surface area (Å²) in [6, 6.07) is 0. The lowest BCUT2D eigenvalue weighted by molar-refractivity contribution is 0.337. The van der Waals surface area contributed by atoms with Gasteiger partial charge in [-0.2, -0.15) is 0 Å². The van der Waals surface area contributed by atoms with Crippen molar-refractivity contribution in [2.75, 3.05) is 33.3 Å². The molecule has 0 aromatic heterocycles. The zero-order valence-electron chi connectivity index (χ0n) is 11.3. The van der Waals surface area contributed by atoms with Crippen LogP contribution in [0.15, 0.2) is 4.76 Å². The van der Waals surface area contributed by atoms with Gasteiger partial charge < -0.3 is 9.80 Å². The molecule has 0 rings (SSSR count). The summed E-state index contributed by atoms with van der Waals surface area (Å²) in [5.74, 6) is 0.396. The number of hydrogen-bond donors (Lipinski definition) is 0. The Morgan fingerprint density at radius 2 is 1.47 bits per heavy atom. The predicted octanol–water partition coefficient (Wildman–Crippen LogP) is 2.75. The van der Waals surface area contributed by atoms with Crippen LogP contribution in [-0.2, 0) is 9.09 Å². The van der Waals surface area contributed by atoms with Crippen molar-refractivity contribution in [3.8, 4) is 0 Å². The number of rotatable bonds is 6. The second-order valence-corrected chi connectivity index (χ2v) is 4.85. The Balaban J connectivity index is 5.30. The van der Waals surface area contributed by atoms with E-state index in [9.17, 15) is 8.76 Å². The van der Waals surface area contributed by atoms with Crippen LogP contribution in [0.3, 0.4) is 0 Å². The van der Waals surface area contributed by atoms with Crippen molar-refractivity contribution in [3.63, 3.8) is 0 Å². The first-order valence-electron chi connectivity index (χ1n) is 5.91. The second kappa shape index (κ2) is 7.67. The van der Waals surface area contributed by atoms with Gasteiger partial charge in [-0.05, 0) is 27.7 Å². The van der Waals surface area contributed by atoms with Crippen LogP contribution in [0.2, 0.25) is 0 Å². The summed E-state index contributed by atoms with van der Waals surface area (Å²) in [5, 5.41) is 0. The Bertz CT molecular complexity index is 277. The van der Waals surface area contributed by atoms with Gasteiger partial charge in [0.25, 0.3) is 0 Å². The van der Waals surface area contributed by atoms with Crippen molar-refractivity contribution in [3.05, 3.63) is 0 Å². The number of guanidine groups is 1. The van der Waals surface area contributed by atoms with Gasteiger partial charge in [0.1, 0.15) is 0 Å². The van der Waals surface area contributed by atoms with Gasteiger partial charge in [0.2, 0.25) is 5.96 Å². The largest absolute Gasteiger partial charge is 0.494 e. The Kier molecular flexibility index (Phi) is 7.39. The highest BCUT2D eigenvalue weighted by atomic mass is 31.2. The summed E-state index contributed by atoms with van der Waals surface area (Å²) in [6.45, 7) is 10.5. The molecule has 0 bridgehead atoms. The van der Waals surface area contributed by atoms with Gasteiger partial charge in [-0.15, -0.1) is 8.96 Å². The van der Waals surface area contributed by atoms with E-state index in [-0.39, 0.29) is 0 Å². The lowest BCUT2D eigenvalue weighted by atomic mass is 10.4. The lowest BCUT2D eigenvalue weighted by Crippen LogP contribution is -2.44. The van der Waals surface area contributed by atoms with Crippen LogP contribution in [-0.4, -0.2) is 49.0 Å². The lowest BCUT2D eigenvalue weighted by Gasteiger charge is -2.31. The van der Waals surface area contributed by atoms with E-state index < -0.39 is 7.83 Å². The molecule has 17 heavy (non-hydrogen) atoms. The molecule has 0 amide bonds.